The maximum absolute atomic E-state index is 13.6. The van der Waals surface area contributed by atoms with Crippen molar-refractivity contribution in [2.24, 2.45) is 0 Å². The fourth-order valence-corrected chi connectivity index (χ4v) is 4.72. The van der Waals surface area contributed by atoms with Crippen LogP contribution in [0.4, 0.5) is 0 Å². The van der Waals surface area contributed by atoms with Crippen molar-refractivity contribution in [3.63, 3.8) is 0 Å². The molecule has 1 amide bonds. The first-order valence-electron chi connectivity index (χ1n) is 11.0. The molecule has 3 heterocycles. The molecule has 2 aromatic carbocycles. The Kier molecular flexibility index (Phi) is 5.06. The van der Waals surface area contributed by atoms with E-state index in [2.05, 4.69) is 61.1 Å². The lowest BCUT2D eigenvalue weighted by Crippen LogP contribution is -2.39. The highest BCUT2D eigenvalue weighted by Crippen LogP contribution is 2.30. The number of benzene rings is 2. The minimum absolute atomic E-state index is 0.107. The summed E-state index contributed by atoms with van der Waals surface area (Å²) in [5, 5.41) is 0.925. The van der Waals surface area contributed by atoms with Crippen molar-refractivity contribution in [1.82, 2.24) is 14.5 Å². The van der Waals surface area contributed by atoms with Crippen LogP contribution < -0.4 is 0 Å². The van der Waals surface area contributed by atoms with Crippen molar-refractivity contribution < 1.29 is 4.79 Å². The minimum Gasteiger partial charge on any atom is -0.351 e. The number of carbonyl (C=O) groups excluding carboxylic acids is 1. The SMILES string of the molecule is Cc1ccc(-c2cc(C(=O)N3CCC(n4cccc4)CC3)c3ccccc3n2)c(C)c1. The molecule has 1 aliphatic rings. The summed E-state index contributed by atoms with van der Waals surface area (Å²) in [6.07, 6.45) is 6.20. The number of likely N-dealkylation sites (tertiary alicyclic amines) is 1. The lowest BCUT2D eigenvalue weighted by molar-refractivity contribution is 0.0696. The summed E-state index contributed by atoms with van der Waals surface area (Å²) in [5.41, 5.74) is 5.96. The molecule has 31 heavy (non-hydrogen) atoms. The number of nitrogens with zero attached hydrogens (tertiary/aromatic N) is 3. The van der Waals surface area contributed by atoms with Gasteiger partial charge < -0.3 is 9.47 Å². The molecular weight excluding hydrogens is 382 g/mol. The predicted octanol–water partition coefficient (Wildman–Crippen LogP) is 5.80. The Morgan fingerprint density at radius 2 is 1.68 bits per heavy atom. The highest BCUT2D eigenvalue weighted by molar-refractivity contribution is 6.07. The first kappa shape index (κ1) is 19.6. The lowest BCUT2D eigenvalue weighted by Gasteiger charge is -2.33. The fourth-order valence-electron chi connectivity index (χ4n) is 4.72. The third-order valence-corrected chi connectivity index (χ3v) is 6.41. The highest BCUT2D eigenvalue weighted by atomic mass is 16.2. The quantitative estimate of drug-likeness (QED) is 0.429. The first-order valence-corrected chi connectivity index (χ1v) is 11.0. The Labute approximate surface area is 183 Å². The van der Waals surface area contributed by atoms with Crippen LogP contribution in [0.2, 0.25) is 0 Å². The number of amides is 1. The normalized spacial score (nSPS) is 14.8. The third kappa shape index (κ3) is 3.74. The maximum atomic E-state index is 13.6. The maximum Gasteiger partial charge on any atom is 0.254 e. The van der Waals surface area contributed by atoms with E-state index in [0.717, 1.165) is 53.7 Å². The Hall–Kier alpha value is -3.40. The van der Waals surface area contributed by atoms with Crippen LogP contribution >= 0.6 is 0 Å². The first-order chi connectivity index (χ1) is 15.1. The van der Waals surface area contributed by atoms with E-state index in [0.29, 0.717) is 6.04 Å². The smallest absolute Gasteiger partial charge is 0.254 e. The molecule has 0 aliphatic carbocycles. The van der Waals surface area contributed by atoms with Crippen molar-refractivity contribution in [3.8, 4) is 11.3 Å². The van der Waals surface area contributed by atoms with Crippen molar-refractivity contribution in [3.05, 3.63) is 89.7 Å². The van der Waals surface area contributed by atoms with E-state index in [1.165, 1.54) is 11.1 Å². The van der Waals surface area contributed by atoms with Crippen molar-refractivity contribution >= 4 is 16.8 Å². The van der Waals surface area contributed by atoms with Gasteiger partial charge in [0.15, 0.2) is 0 Å². The van der Waals surface area contributed by atoms with Gasteiger partial charge in [0.25, 0.3) is 5.91 Å². The Balaban J connectivity index is 1.49. The summed E-state index contributed by atoms with van der Waals surface area (Å²) in [4.78, 5) is 20.5. The van der Waals surface area contributed by atoms with Crippen LogP contribution in [0.3, 0.4) is 0 Å². The van der Waals surface area contributed by atoms with Gasteiger partial charge in [-0.3, -0.25) is 4.79 Å². The number of hydrogen-bond acceptors (Lipinski definition) is 2. The van der Waals surface area contributed by atoms with Gasteiger partial charge in [-0.25, -0.2) is 4.98 Å². The van der Waals surface area contributed by atoms with Crippen LogP contribution in [0.25, 0.3) is 22.2 Å². The van der Waals surface area contributed by atoms with E-state index in [9.17, 15) is 4.79 Å². The minimum atomic E-state index is 0.107. The number of hydrogen-bond donors (Lipinski definition) is 0. The third-order valence-electron chi connectivity index (χ3n) is 6.41. The number of pyridine rings is 1. The average Bonchev–Trinajstić information content (AvgIpc) is 3.33. The average molecular weight is 410 g/mol. The van der Waals surface area contributed by atoms with Gasteiger partial charge in [-0.05, 0) is 56.5 Å². The molecule has 156 valence electrons. The zero-order valence-electron chi connectivity index (χ0n) is 18.1. The van der Waals surface area contributed by atoms with Crippen molar-refractivity contribution in [2.45, 2.75) is 32.7 Å². The molecule has 4 heteroatoms. The summed E-state index contributed by atoms with van der Waals surface area (Å²) < 4.78 is 2.27. The predicted molar refractivity (Wildman–Crippen MR) is 125 cm³/mol. The second kappa shape index (κ2) is 8.03. The van der Waals surface area contributed by atoms with Gasteiger partial charge in [-0.1, -0.05) is 42.0 Å². The van der Waals surface area contributed by atoms with E-state index in [4.69, 9.17) is 4.98 Å². The second-order valence-corrected chi connectivity index (χ2v) is 8.54. The molecule has 4 nitrogen and oxygen atoms in total. The molecule has 1 saturated heterocycles. The molecule has 1 fully saturated rings. The summed E-state index contributed by atoms with van der Waals surface area (Å²) in [7, 11) is 0. The van der Waals surface area contributed by atoms with Gasteiger partial charge >= 0.3 is 0 Å². The Bertz CT molecular complexity index is 1230. The Morgan fingerprint density at radius 1 is 0.935 bits per heavy atom. The summed E-state index contributed by atoms with van der Waals surface area (Å²) in [6, 6.07) is 20.9. The molecule has 0 bridgehead atoms. The largest absolute Gasteiger partial charge is 0.351 e. The van der Waals surface area contributed by atoms with Crippen LogP contribution in [0.1, 0.15) is 40.4 Å². The summed E-state index contributed by atoms with van der Waals surface area (Å²) >= 11 is 0. The molecule has 1 aliphatic heterocycles. The van der Waals surface area contributed by atoms with Gasteiger partial charge in [0.05, 0.1) is 16.8 Å². The highest BCUT2D eigenvalue weighted by Gasteiger charge is 2.26. The van der Waals surface area contributed by atoms with Gasteiger partial charge in [0.2, 0.25) is 0 Å². The molecule has 2 aromatic heterocycles. The number of para-hydroxylation sites is 1. The molecule has 5 rings (SSSR count). The fraction of sp³-hybridized carbons (Fsp3) is 0.259. The summed E-state index contributed by atoms with van der Waals surface area (Å²) in [6.45, 7) is 5.75. The number of aryl methyl sites for hydroxylation is 2. The van der Waals surface area contributed by atoms with E-state index >= 15 is 0 Å². The molecule has 0 unspecified atom stereocenters. The van der Waals surface area contributed by atoms with E-state index in [1.54, 1.807) is 0 Å². The van der Waals surface area contributed by atoms with Crippen molar-refractivity contribution in [2.75, 3.05) is 13.1 Å². The molecule has 0 saturated carbocycles. The molecular formula is C27H27N3O. The number of aromatic nitrogens is 2. The number of fused-ring (bicyclic) bond motifs is 1. The molecule has 0 spiro atoms. The zero-order chi connectivity index (χ0) is 21.4. The number of rotatable bonds is 3. The van der Waals surface area contributed by atoms with Crippen LogP contribution in [0, 0.1) is 13.8 Å². The van der Waals surface area contributed by atoms with Gasteiger partial charge in [0.1, 0.15) is 0 Å². The van der Waals surface area contributed by atoms with E-state index < -0.39 is 0 Å². The molecule has 0 N–H and O–H groups in total. The lowest BCUT2D eigenvalue weighted by atomic mass is 9.98. The monoisotopic (exact) mass is 409 g/mol. The van der Waals surface area contributed by atoms with Gasteiger partial charge in [0, 0.05) is 42.5 Å². The summed E-state index contributed by atoms with van der Waals surface area (Å²) in [5.74, 6) is 0.107. The molecule has 0 atom stereocenters. The standard InChI is InChI=1S/C27H27N3O/c1-19-9-10-22(20(2)17-19)26-18-24(23-7-3-4-8-25(23)28-26)27(31)30-15-11-21(12-16-30)29-13-5-6-14-29/h3-10,13-14,17-18,21H,11-12,15-16H2,1-2H3. The Morgan fingerprint density at radius 3 is 2.42 bits per heavy atom. The van der Waals surface area contributed by atoms with E-state index in [-0.39, 0.29) is 5.91 Å². The molecule has 4 aromatic rings. The second-order valence-electron chi connectivity index (χ2n) is 8.54. The van der Waals surface area contributed by atoms with Crippen LogP contribution in [0.15, 0.2) is 73.1 Å². The van der Waals surface area contributed by atoms with Crippen molar-refractivity contribution in [1.29, 1.82) is 0 Å². The van der Waals surface area contributed by atoms with Gasteiger partial charge in [-0.2, -0.15) is 0 Å². The zero-order valence-corrected chi connectivity index (χ0v) is 18.1. The topological polar surface area (TPSA) is 38.1 Å². The van der Waals surface area contributed by atoms with Crippen LogP contribution in [-0.4, -0.2) is 33.4 Å². The number of piperidine rings is 1. The van der Waals surface area contributed by atoms with Crippen LogP contribution in [0.5, 0.6) is 0 Å². The number of carbonyl (C=O) groups is 1. The van der Waals surface area contributed by atoms with E-state index in [1.807, 2.05) is 35.2 Å². The van der Waals surface area contributed by atoms with Crippen LogP contribution in [-0.2, 0) is 0 Å². The molecule has 0 radical (unpaired) electrons. The van der Waals surface area contributed by atoms with Gasteiger partial charge in [-0.15, -0.1) is 0 Å².